The Morgan fingerprint density at radius 1 is 0.957 bits per heavy atom. The highest BCUT2D eigenvalue weighted by atomic mass is 16.2. The summed E-state index contributed by atoms with van der Waals surface area (Å²) in [6.07, 6.45) is 0. The molecule has 0 spiro atoms. The lowest BCUT2D eigenvalue weighted by atomic mass is 10.1. The average Bonchev–Trinajstić information content (AvgIpc) is 2.50. The Balaban J connectivity index is 1.80. The molecule has 0 aliphatic rings. The van der Waals surface area contributed by atoms with Crippen LogP contribution in [-0.4, -0.2) is 23.3 Å². The van der Waals surface area contributed by atoms with E-state index in [0.717, 1.165) is 22.5 Å². The van der Waals surface area contributed by atoms with Crippen molar-refractivity contribution in [1.82, 2.24) is 15.6 Å². The van der Waals surface area contributed by atoms with Crippen LogP contribution in [-0.2, 0) is 11.3 Å². The van der Waals surface area contributed by atoms with Crippen LogP contribution in [0.15, 0.2) is 36.4 Å². The van der Waals surface area contributed by atoms with Gasteiger partial charge in [0.05, 0.1) is 6.54 Å². The van der Waals surface area contributed by atoms with Crippen molar-refractivity contribution in [2.24, 2.45) is 0 Å². The Hall–Kier alpha value is -2.69. The third-order valence-corrected chi connectivity index (χ3v) is 3.35. The molecule has 5 heteroatoms. The van der Waals surface area contributed by atoms with E-state index in [-0.39, 0.29) is 18.4 Å². The van der Waals surface area contributed by atoms with Crippen LogP contribution in [0.2, 0.25) is 0 Å². The van der Waals surface area contributed by atoms with E-state index in [1.165, 1.54) is 0 Å². The summed E-state index contributed by atoms with van der Waals surface area (Å²) in [4.78, 5) is 28.1. The summed E-state index contributed by atoms with van der Waals surface area (Å²) < 4.78 is 0. The van der Waals surface area contributed by atoms with Crippen LogP contribution in [0, 0.1) is 20.8 Å². The van der Waals surface area contributed by atoms with Crippen molar-refractivity contribution in [2.75, 3.05) is 6.54 Å². The van der Waals surface area contributed by atoms with Gasteiger partial charge in [-0.05, 0) is 50.6 Å². The number of amides is 2. The summed E-state index contributed by atoms with van der Waals surface area (Å²) in [6, 6.07) is 11.1. The van der Waals surface area contributed by atoms with E-state index in [0.29, 0.717) is 12.1 Å². The van der Waals surface area contributed by atoms with Crippen molar-refractivity contribution in [3.8, 4) is 0 Å². The normalized spacial score (nSPS) is 10.2. The fourth-order valence-corrected chi connectivity index (χ4v) is 2.25. The third kappa shape index (κ3) is 5.21. The highest BCUT2D eigenvalue weighted by Crippen LogP contribution is 2.04. The number of pyridine rings is 1. The summed E-state index contributed by atoms with van der Waals surface area (Å²) in [6.45, 7) is 6.16. The molecule has 0 aliphatic carbocycles. The van der Waals surface area contributed by atoms with E-state index in [9.17, 15) is 9.59 Å². The highest BCUT2D eigenvalue weighted by molar-refractivity contribution is 5.96. The van der Waals surface area contributed by atoms with Crippen LogP contribution in [0.5, 0.6) is 0 Å². The van der Waals surface area contributed by atoms with E-state index in [2.05, 4.69) is 15.6 Å². The summed E-state index contributed by atoms with van der Waals surface area (Å²) in [5.74, 6) is -0.478. The Morgan fingerprint density at radius 3 is 2.17 bits per heavy atom. The van der Waals surface area contributed by atoms with Gasteiger partial charge in [0.1, 0.15) is 0 Å². The van der Waals surface area contributed by atoms with Gasteiger partial charge in [-0.3, -0.25) is 14.6 Å². The van der Waals surface area contributed by atoms with Crippen LogP contribution in [0.1, 0.15) is 32.9 Å². The van der Waals surface area contributed by atoms with Crippen LogP contribution in [0.4, 0.5) is 0 Å². The molecule has 2 aromatic rings. The van der Waals surface area contributed by atoms with Crippen molar-refractivity contribution in [3.63, 3.8) is 0 Å². The molecular formula is C18H21N3O2. The fraction of sp³-hybridized carbons (Fsp3) is 0.278. The smallest absolute Gasteiger partial charge is 0.251 e. The first-order chi connectivity index (χ1) is 10.9. The number of aryl methyl sites for hydroxylation is 3. The van der Waals surface area contributed by atoms with Gasteiger partial charge < -0.3 is 10.6 Å². The maximum absolute atomic E-state index is 11.9. The molecular weight excluding hydrogens is 290 g/mol. The highest BCUT2D eigenvalue weighted by Gasteiger charge is 2.08. The molecule has 0 saturated heterocycles. The van der Waals surface area contributed by atoms with E-state index < -0.39 is 0 Å². The predicted octanol–water partition coefficient (Wildman–Crippen LogP) is 2.05. The number of aromatic nitrogens is 1. The first-order valence-electron chi connectivity index (χ1n) is 7.50. The van der Waals surface area contributed by atoms with Crippen molar-refractivity contribution >= 4 is 11.8 Å². The topological polar surface area (TPSA) is 71.1 Å². The summed E-state index contributed by atoms with van der Waals surface area (Å²) in [5, 5.41) is 5.40. The van der Waals surface area contributed by atoms with Gasteiger partial charge in [-0.15, -0.1) is 0 Å². The second-order valence-corrected chi connectivity index (χ2v) is 5.58. The molecule has 120 valence electrons. The molecule has 0 saturated carbocycles. The minimum absolute atomic E-state index is 0.0459. The second kappa shape index (κ2) is 7.54. The van der Waals surface area contributed by atoms with Crippen molar-refractivity contribution in [2.45, 2.75) is 27.3 Å². The van der Waals surface area contributed by atoms with Gasteiger partial charge in [0.25, 0.3) is 5.91 Å². The number of nitrogens with zero attached hydrogens (tertiary/aromatic N) is 1. The molecule has 1 heterocycles. The number of carbonyl (C=O) groups excluding carboxylic acids is 2. The van der Waals surface area contributed by atoms with Gasteiger partial charge in [0.2, 0.25) is 5.91 Å². The van der Waals surface area contributed by atoms with E-state index in [4.69, 9.17) is 0 Å². The molecule has 23 heavy (non-hydrogen) atoms. The Bertz CT molecular complexity index is 688. The van der Waals surface area contributed by atoms with Crippen LogP contribution >= 0.6 is 0 Å². The summed E-state index contributed by atoms with van der Waals surface area (Å²) in [5.41, 5.74) is 4.46. The number of hydrogen-bond donors (Lipinski definition) is 2. The fourth-order valence-electron chi connectivity index (χ4n) is 2.25. The minimum Gasteiger partial charge on any atom is -0.350 e. The zero-order valence-corrected chi connectivity index (χ0v) is 13.6. The molecule has 0 radical (unpaired) electrons. The molecule has 0 fully saturated rings. The number of carbonyl (C=O) groups is 2. The molecule has 2 rings (SSSR count). The van der Waals surface area contributed by atoms with E-state index >= 15 is 0 Å². The maximum atomic E-state index is 11.9. The lowest BCUT2D eigenvalue weighted by molar-refractivity contribution is -0.120. The van der Waals surface area contributed by atoms with Gasteiger partial charge in [-0.25, -0.2) is 0 Å². The van der Waals surface area contributed by atoms with Gasteiger partial charge in [-0.1, -0.05) is 17.7 Å². The van der Waals surface area contributed by atoms with Gasteiger partial charge in [0.15, 0.2) is 0 Å². The predicted molar refractivity (Wildman–Crippen MR) is 89.1 cm³/mol. The molecule has 5 nitrogen and oxygen atoms in total. The minimum atomic E-state index is -0.254. The molecule has 0 atom stereocenters. The molecule has 2 amide bonds. The lowest BCUT2D eigenvalue weighted by Gasteiger charge is -2.08. The molecule has 0 aliphatic heterocycles. The monoisotopic (exact) mass is 311 g/mol. The zero-order chi connectivity index (χ0) is 16.8. The van der Waals surface area contributed by atoms with Crippen molar-refractivity contribution in [3.05, 3.63) is 64.5 Å². The van der Waals surface area contributed by atoms with E-state index in [1.54, 1.807) is 12.1 Å². The van der Waals surface area contributed by atoms with Gasteiger partial charge in [0, 0.05) is 23.5 Å². The second-order valence-electron chi connectivity index (χ2n) is 5.58. The first kappa shape index (κ1) is 16.7. The van der Waals surface area contributed by atoms with Gasteiger partial charge in [-0.2, -0.15) is 0 Å². The Morgan fingerprint density at radius 2 is 1.57 bits per heavy atom. The lowest BCUT2D eigenvalue weighted by Crippen LogP contribution is -2.36. The van der Waals surface area contributed by atoms with Crippen molar-refractivity contribution < 1.29 is 9.59 Å². The van der Waals surface area contributed by atoms with Gasteiger partial charge >= 0.3 is 0 Å². The van der Waals surface area contributed by atoms with Crippen LogP contribution in [0.3, 0.4) is 0 Å². The average molecular weight is 311 g/mol. The Labute approximate surface area is 136 Å². The van der Waals surface area contributed by atoms with E-state index in [1.807, 2.05) is 45.0 Å². The number of rotatable bonds is 5. The number of hydrogen-bond acceptors (Lipinski definition) is 3. The first-order valence-corrected chi connectivity index (χ1v) is 7.50. The quantitative estimate of drug-likeness (QED) is 0.888. The standard InChI is InChI=1S/C18H21N3O2/c1-12-4-6-16(7-5-12)18(23)20-11-17(22)19-10-15-8-13(2)21-14(3)9-15/h4-9H,10-11H2,1-3H3,(H,19,22)(H,20,23). The maximum Gasteiger partial charge on any atom is 0.251 e. The zero-order valence-electron chi connectivity index (χ0n) is 13.6. The SMILES string of the molecule is Cc1ccc(C(=O)NCC(=O)NCc2cc(C)nc(C)c2)cc1. The molecule has 0 bridgehead atoms. The van der Waals surface area contributed by atoms with Crippen molar-refractivity contribution in [1.29, 1.82) is 0 Å². The van der Waals surface area contributed by atoms with Crippen LogP contribution < -0.4 is 10.6 Å². The summed E-state index contributed by atoms with van der Waals surface area (Å²) in [7, 11) is 0. The molecule has 0 unspecified atom stereocenters. The number of benzene rings is 1. The molecule has 1 aromatic heterocycles. The summed E-state index contributed by atoms with van der Waals surface area (Å²) >= 11 is 0. The molecule has 1 aromatic carbocycles. The van der Waals surface area contributed by atoms with Crippen LogP contribution in [0.25, 0.3) is 0 Å². The molecule has 2 N–H and O–H groups in total. The third-order valence-electron chi connectivity index (χ3n) is 3.35. The Kier molecular flexibility index (Phi) is 5.46. The number of nitrogens with one attached hydrogen (secondary N) is 2. The largest absolute Gasteiger partial charge is 0.350 e.